The van der Waals surface area contributed by atoms with Gasteiger partial charge in [-0.15, -0.1) is 0 Å². The molecule has 4 heterocycles. The molecule has 0 amide bonds. The van der Waals surface area contributed by atoms with E-state index in [1.165, 1.54) is 16.8 Å². The summed E-state index contributed by atoms with van der Waals surface area (Å²) in [6.45, 7) is 3.49. The van der Waals surface area contributed by atoms with Gasteiger partial charge < -0.3 is 20.2 Å². The lowest BCUT2D eigenvalue weighted by Crippen LogP contribution is -2.49. The summed E-state index contributed by atoms with van der Waals surface area (Å²) >= 11 is 6.06. The van der Waals surface area contributed by atoms with Gasteiger partial charge in [0.1, 0.15) is 10.7 Å². The first-order valence-corrected chi connectivity index (χ1v) is 13.9. The molecule has 2 aromatic rings. The zero-order valence-electron chi connectivity index (χ0n) is 19.2. The minimum atomic E-state index is -1.11. The number of anilines is 3. The van der Waals surface area contributed by atoms with Crippen LogP contribution in [0.15, 0.2) is 40.3 Å². The molecule has 180 valence electrons. The van der Waals surface area contributed by atoms with E-state index in [-0.39, 0.29) is 12.1 Å². The molecule has 6 rings (SSSR count). The number of nitrogens with zero attached hydrogens (tertiary/aromatic N) is 4. The van der Waals surface area contributed by atoms with Crippen LogP contribution in [0.1, 0.15) is 37.8 Å². The van der Waals surface area contributed by atoms with E-state index in [0.717, 1.165) is 80.3 Å². The molecular formula is C25H30ClN5O2S. The molecule has 1 fully saturated rings. The average Bonchev–Trinajstić information content (AvgIpc) is 3.33. The predicted molar refractivity (Wildman–Crippen MR) is 136 cm³/mol. The minimum absolute atomic E-state index is 0.0633. The van der Waals surface area contributed by atoms with E-state index in [1.54, 1.807) is 0 Å². The zero-order valence-corrected chi connectivity index (χ0v) is 20.8. The van der Waals surface area contributed by atoms with E-state index in [4.69, 9.17) is 21.6 Å². The van der Waals surface area contributed by atoms with E-state index in [2.05, 4.69) is 27.2 Å². The first kappa shape index (κ1) is 22.3. The second-order valence-electron chi connectivity index (χ2n) is 9.97. The number of benzene rings is 1. The number of nitrogens with one attached hydrogen (secondary N) is 1. The molecule has 4 aliphatic rings. The molecule has 2 N–H and O–H groups in total. The lowest BCUT2D eigenvalue weighted by molar-refractivity contribution is 0.143. The first-order valence-electron chi connectivity index (χ1n) is 12.2. The Hall–Kier alpha value is -2.16. The van der Waals surface area contributed by atoms with E-state index in [9.17, 15) is 9.32 Å². The minimum Gasteiger partial charge on any atom is -0.394 e. The third kappa shape index (κ3) is 3.99. The van der Waals surface area contributed by atoms with Crippen LogP contribution in [-0.4, -0.2) is 63.4 Å². The summed E-state index contributed by atoms with van der Waals surface area (Å²) in [5.74, 6) is 2.03. The van der Waals surface area contributed by atoms with Gasteiger partial charge >= 0.3 is 0 Å². The molecule has 9 heteroatoms. The lowest BCUT2D eigenvalue weighted by Gasteiger charge is -2.42. The predicted octanol–water partition coefficient (Wildman–Crippen LogP) is 3.54. The SMILES string of the molecule is O=[S@@]1CCCCc2nc(N3CC4=C(CN(c5ccc(Cl)cc5)C4)C3)nc(NC3(CO)CCC3)c21. The van der Waals surface area contributed by atoms with Crippen molar-refractivity contribution < 1.29 is 9.32 Å². The monoisotopic (exact) mass is 499 g/mol. The third-order valence-corrected chi connectivity index (χ3v) is 9.44. The molecule has 34 heavy (non-hydrogen) atoms. The molecule has 0 saturated heterocycles. The van der Waals surface area contributed by atoms with Crippen LogP contribution in [0.25, 0.3) is 0 Å². The maximum atomic E-state index is 13.1. The van der Waals surface area contributed by atoms with Crippen LogP contribution < -0.4 is 15.1 Å². The van der Waals surface area contributed by atoms with Crippen molar-refractivity contribution in [2.45, 2.75) is 49.0 Å². The Labute approximate surface area is 207 Å². The summed E-state index contributed by atoms with van der Waals surface area (Å²) in [7, 11) is -1.11. The summed E-state index contributed by atoms with van der Waals surface area (Å²) < 4.78 is 13.1. The van der Waals surface area contributed by atoms with Crippen LogP contribution in [-0.2, 0) is 17.2 Å². The Morgan fingerprint density at radius 2 is 1.71 bits per heavy atom. The van der Waals surface area contributed by atoms with Crippen LogP contribution in [0.3, 0.4) is 0 Å². The number of fused-ring (bicyclic) bond motifs is 1. The molecule has 0 radical (unpaired) electrons. The van der Waals surface area contributed by atoms with Gasteiger partial charge in [0.05, 0.1) is 28.6 Å². The topological polar surface area (TPSA) is 81.6 Å². The number of hydrogen-bond acceptors (Lipinski definition) is 7. The van der Waals surface area contributed by atoms with Gasteiger partial charge in [0, 0.05) is 42.6 Å². The number of rotatable bonds is 5. The fourth-order valence-corrected chi connectivity index (χ4v) is 7.00. The smallest absolute Gasteiger partial charge is 0.228 e. The van der Waals surface area contributed by atoms with Crippen LogP contribution >= 0.6 is 11.6 Å². The Balaban J connectivity index is 1.25. The Bertz CT molecular complexity index is 1140. The highest BCUT2D eigenvalue weighted by atomic mass is 35.5. The van der Waals surface area contributed by atoms with E-state index >= 15 is 0 Å². The summed E-state index contributed by atoms with van der Waals surface area (Å²) in [6, 6.07) is 8.03. The number of aliphatic hydroxyl groups is 1. The number of aryl methyl sites for hydroxylation is 1. The van der Waals surface area contributed by atoms with Gasteiger partial charge in [-0.05, 0) is 73.9 Å². The fraction of sp³-hybridized carbons (Fsp3) is 0.520. The molecule has 1 aromatic carbocycles. The van der Waals surface area contributed by atoms with Gasteiger partial charge in [0.15, 0.2) is 0 Å². The fourth-order valence-electron chi connectivity index (χ4n) is 5.48. The van der Waals surface area contributed by atoms with Crippen molar-refractivity contribution in [3.8, 4) is 0 Å². The molecule has 0 bridgehead atoms. The van der Waals surface area contributed by atoms with Crippen LogP contribution in [0.5, 0.6) is 0 Å². The lowest BCUT2D eigenvalue weighted by atomic mass is 9.77. The normalized spacial score (nSPS) is 23.4. The van der Waals surface area contributed by atoms with Gasteiger partial charge in [-0.25, -0.2) is 4.98 Å². The van der Waals surface area contributed by atoms with Crippen LogP contribution in [0.2, 0.25) is 5.02 Å². The quantitative estimate of drug-likeness (QED) is 0.609. The first-order chi connectivity index (χ1) is 16.5. The highest BCUT2D eigenvalue weighted by Gasteiger charge is 2.39. The van der Waals surface area contributed by atoms with E-state index in [1.807, 2.05) is 12.1 Å². The van der Waals surface area contributed by atoms with Crippen LogP contribution in [0, 0.1) is 0 Å². The molecule has 0 unspecified atom stereocenters. The highest BCUT2D eigenvalue weighted by molar-refractivity contribution is 7.85. The second kappa shape index (κ2) is 8.81. The summed E-state index contributed by atoms with van der Waals surface area (Å²) in [5, 5.41) is 14.3. The summed E-state index contributed by atoms with van der Waals surface area (Å²) in [6.07, 6.45) is 5.65. The zero-order chi connectivity index (χ0) is 23.3. The molecule has 1 atom stereocenters. The number of hydrogen-bond donors (Lipinski definition) is 2. The Morgan fingerprint density at radius 1 is 1.00 bits per heavy atom. The molecule has 7 nitrogen and oxygen atoms in total. The maximum absolute atomic E-state index is 13.1. The largest absolute Gasteiger partial charge is 0.394 e. The van der Waals surface area contributed by atoms with E-state index in [0.29, 0.717) is 17.5 Å². The summed E-state index contributed by atoms with van der Waals surface area (Å²) in [5.41, 5.74) is 4.61. The summed E-state index contributed by atoms with van der Waals surface area (Å²) in [4.78, 5) is 15.3. The van der Waals surface area contributed by atoms with Gasteiger partial charge in [-0.2, -0.15) is 4.98 Å². The molecule has 1 saturated carbocycles. The molecule has 3 aliphatic heterocycles. The Kier molecular flexibility index (Phi) is 5.78. The third-order valence-electron chi connectivity index (χ3n) is 7.64. The van der Waals surface area contributed by atoms with Crippen molar-refractivity contribution in [2.75, 3.05) is 53.7 Å². The van der Waals surface area contributed by atoms with Crippen molar-refractivity contribution in [2.24, 2.45) is 0 Å². The highest BCUT2D eigenvalue weighted by Crippen LogP contribution is 2.39. The van der Waals surface area contributed by atoms with Crippen molar-refractivity contribution >= 4 is 39.9 Å². The van der Waals surface area contributed by atoms with E-state index < -0.39 is 10.8 Å². The van der Waals surface area contributed by atoms with Gasteiger partial charge in [0.25, 0.3) is 0 Å². The standard InChI is InChI=1S/C25H30ClN5O2S/c26-19-5-7-20(8-6-19)30-12-17-14-31(15-18(17)13-30)24-27-21-4-1-2-11-34(33)22(21)23(28-24)29-25(16-32)9-3-10-25/h5-8,32H,1-4,9-16H2,(H,27,28,29)/t34-/m1/s1. The number of aliphatic hydroxyl groups excluding tert-OH is 1. The maximum Gasteiger partial charge on any atom is 0.228 e. The second-order valence-corrected chi connectivity index (χ2v) is 11.9. The van der Waals surface area contributed by atoms with Crippen LogP contribution in [0.4, 0.5) is 17.5 Å². The average molecular weight is 500 g/mol. The molecule has 1 aromatic heterocycles. The number of halogens is 1. The van der Waals surface area contributed by atoms with Gasteiger partial charge in [-0.3, -0.25) is 4.21 Å². The number of aromatic nitrogens is 2. The Morgan fingerprint density at radius 3 is 2.35 bits per heavy atom. The van der Waals surface area contributed by atoms with Gasteiger partial charge in [-0.1, -0.05) is 11.6 Å². The molecule has 0 spiro atoms. The molecule has 1 aliphatic carbocycles. The van der Waals surface area contributed by atoms with Crippen molar-refractivity contribution in [1.29, 1.82) is 0 Å². The molecular weight excluding hydrogens is 470 g/mol. The van der Waals surface area contributed by atoms with Crippen molar-refractivity contribution in [3.63, 3.8) is 0 Å². The van der Waals surface area contributed by atoms with Gasteiger partial charge in [0.2, 0.25) is 5.95 Å². The van der Waals surface area contributed by atoms with Crippen molar-refractivity contribution in [3.05, 3.63) is 46.1 Å². The van der Waals surface area contributed by atoms with Crippen molar-refractivity contribution in [1.82, 2.24) is 9.97 Å².